The van der Waals surface area contributed by atoms with Crippen LogP contribution in [0, 0.1) is 6.92 Å². The number of amides is 2. The molecule has 3 aromatic rings. The van der Waals surface area contributed by atoms with E-state index in [4.69, 9.17) is 9.47 Å². The third-order valence-electron chi connectivity index (χ3n) is 4.18. The van der Waals surface area contributed by atoms with E-state index >= 15 is 0 Å². The fourth-order valence-electron chi connectivity index (χ4n) is 2.68. The molecular formula is C22H21BrN2O4. The number of hydrogen-bond donors (Lipinski definition) is 2. The van der Waals surface area contributed by atoms with E-state index in [2.05, 4.69) is 26.8 Å². The topological polar surface area (TPSA) is 76.7 Å². The second kappa shape index (κ2) is 9.43. The van der Waals surface area contributed by atoms with Crippen LogP contribution in [0.1, 0.15) is 12.5 Å². The van der Waals surface area contributed by atoms with Crippen molar-refractivity contribution in [2.75, 3.05) is 6.61 Å². The largest absolute Gasteiger partial charge is 0.483 e. The van der Waals surface area contributed by atoms with Crippen molar-refractivity contribution in [3.63, 3.8) is 0 Å². The Morgan fingerprint density at radius 1 is 1.03 bits per heavy atom. The van der Waals surface area contributed by atoms with Gasteiger partial charge in [-0.1, -0.05) is 42.5 Å². The van der Waals surface area contributed by atoms with Crippen molar-refractivity contribution >= 4 is 38.5 Å². The molecule has 0 radical (unpaired) electrons. The van der Waals surface area contributed by atoms with E-state index < -0.39 is 17.9 Å². The number of nitrogens with one attached hydrogen (secondary N) is 2. The Morgan fingerprint density at radius 2 is 1.83 bits per heavy atom. The van der Waals surface area contributed by atoms with Crippen LogP contribution in [0.3, 0.4) is 0 Å². The van der Waals surface area contributed by atoms with Crippen LogP contribution in [0.25, 0.3) is 10.8 Å². The molecule has 7 heteroatoms. The molecule has 0 aliphatic carbocycles. The maximum atomic E-state index is 12.1. The molecule has 0 heterocycles. The van der Waals surface area contributed by atoms with Crippen LogP contribution in [-0.2, 0) is 9.59 Å². The standard InChI is InChI=1S/C22H21BrN2O4/c1-14-6-5-8-17(12-14)29-15(2)22(27)25-24-20(26)13-28-19-11-10-16-7-3-4-9-18(16)21(19)23/h3-12,15H,13H2,1-2H3,(H,24,26)(H,25,27). The van der Waals surface area contributed by atoms with Crippen molar-refractivity contribution in [1.82, 2.24) is 10.9 Å². The number of hydrogen-bond acceptors (Lipinski definition) is 4. The zero-order chi connectivity index (χ0) is 20.8. The average molecular weight is 457 g/mol. The Kier molecular flexibility index (Phi) is 6.72. The Bertz CT molecular complexity index is 1040. The average Bonchev–Trinajstić information content (AvgIpc) is 2.71. The minimum atomic E-state index is -0.771. The van der Waals surface area contributed by atoms with Gasteiger partial charge in [-0.3, -0.25) is 20.4 Å². The van der Waals surface area contributed by atoms with Gasteiger partial charge in [0.05, 0.1) is 4.47 Å². The molecule has 0 aliphatic heterocycles. The lowest BCUT2D eigenvalue weighted by atomic mass is 10.1. The SMILES string of the molecule is Cc1cccc(OC(C)C(=O)NNC(=O)COc2ccc3ccccc3c2Br)c1. The number of benzene rings is 3. The van der Waals surface area contributed by atoms with Crippen molar-refractivity contribution in [2.24, 2.45) is 0 Å². The van der Waals surface area contributed by atoms with E-state index in [1.807, 2.05) is 55.5 Å². The molecule has 1 unspecified atom stereocenters. The van der Waals surface area contributed by atoms with Gasteiger partial charge < -0.3 is 9.47 Å². The van der Waals surface area contributed by atoms with Gasteiger partial charge in [-0.2, -0.15) is 0 Å². The van der Waals surface area contributed by atoms with Crippen molar-refractivity contribution in [1.29, 1.82) is 0 Å². The Balaban J connectivity index is 1.48. The van der Waals surface area contributed by atoms with Gasteiger partial charge in [0, 0.05) is 0 Å². The van der Waals surface area contributed by atoms with Crippen LogP contribution in [0.2, 0.25) is 0 Å². The van der Waals surface area contributed by atoms with Crippen molar-refractivity contribution < 1.29 is 19.1 Å². The van der Waals surface area contributed by atoms with Crippen LogP contribution >= 0.6 is 15.9 Å². The summed E-state index contributed by atoms with van der Waals surface area (Å²) in [6, 6.07) is 18.9. The number of carbonyl (C=O) groups is 2. The number of fused-ring (bicyclic) bond motifs is 1. The highest BCUT2D eigenvalue weighted by molar-refractivity contribution is 9.10. The first kappa shape index (κ1) is 20.7. The summed E-state index contributed by atoms with van der Waals surface area (Å²) < 4.78 is 11.9. The molecule has 3 aromatic carbocycles. The van der Waals surface area contributed by atoms with Crippen LogP contribution in [0.5, 0.6) is 11.5 Å². The molecule has 2 N–H and O–H groups in total. The summed E-state index contributed by atoms with van der Waals surface area (Å²) in [5.74, 6) is 0.178. The van der Waals surface area contributed by atoms with Gasteiger partial charge in [-0.15, -0.1) is 0 Å². The summed E-state index contributed by atoms with van der Waals surface area (Å²) in [4.78, 5) is 24.1. The number of rotatable bonds is 6. The minimum absolute atomic E-state index is 0.246. The fourth-order valence-corrected chi connectivity index (χ4v) is 3.29. The van der Waals surface area contributed by atoms with E-state index in [0.29, 0.717) is 11.5 Å². The summed E-state index contributed by atoms with van der Waals surface area (Å²) in [7, 11) is 0. The summed E-state index contributed by atoms with van der Waals surface area (Å²) >= 11 is 3.51. The molecule has 0 bridgehead atoms. The van der Waals surface area contributed by atoms with Gasteiger partial charge in [-0.05, 0) is 64.3 Å². The van der Waals surface area contributed by atoms with E-state index in [1.165, 1.54) is 0 Å². The molecule has 0 saturated heterocycles. The first-order chi connectivity index (χ1) is 13.9. The Hall–Kier alpha value is -3.06. The van der Waals surface area contributed by atoms with E-state index in [1.54, 1.807) is 19.1 Å². The first-order valence-electron chi connectivity index (χ1n) is 9.06. The smallest absolute Gasteiger partial charge is 0.279 e. The summed E-state index contributed by atoms with van der Waals surface area (Å²) in [6.45, 7) is 3.29. The number of halogens is 1. The molecule has 6 nitrogen and oxygen atoms in total. The molecular weight excluding hydrogens is 436 g/mol. The van der Waals surface area contributed by atoms with Crippen molar-refractivity contribution in [3.8, 4) is 11.5 Å². The fraction of sp³-hybridized carbons (Fsp3) is 0.182. The quantitative estimate of drug-likeness (QED) is 0.551. The van der Waals surface area contributed by atoms with Crippen LogP contribution < -0.4 is 20.3 Å². The lowest BCUT2D eigenvalue weighted by molar-refractivity contribution is -0.133. The number of ether oxygens (including phenoxy) is 2. The van der Waals surface area contributed by atoms with Crippen LogP contribution in [0.15, 0.2) is 65.1 Å². The number of aryl methyl sites for hydroxylation is 1. The highest BCUT2D eigenvalue weighted by atomic mass is 79.9. The highest BCUT2D eigenvalue weighted by Crippen LogP contribution is 2.32. The van der Waals surface area contributed by atoms with Gasteiger partial charge in [0.1, 0.15) is 11.5 Å². The molecule has 0 aliphatic rings. The van der Waals surface area contributed by atoms with Gasteiger partial charge in [0.2, 0.25) is 0 Å². The van der Waals surface area contributed by atoms with E-state index in [-0.39, 0.29) is 6.61 Å². The predicted molar refractivity (Wildman–Crippen MR) is 115 cm³/mol. The van der Waals surface area contributed by atoms with Crippen molar-refractivity contribution in [2.45, 2.75) is 20.0 Å². The second-order valence-corrected chi connectivity index (χ2v) is 7.29. The summed E-state index contributed by atoms with van der Waals surface area (Å²) in [5, 5.41) is 2.05. The summed E-state index contributed by atoms with van der Waals surface area (Å²) in [5.41, 5.74) is 5.70. The van der Waals surface area contributed by atoms with Crippen LogP contribution in [-0.4, -0.2) is 24.5 Å². The molecule has 0 fully saturated rings. The minimum Gasteiger partial charge on any atom is -0.483 e. The highest BCUT2D eigenvalue weighted by Gasteiger charge is 2.16. The number of hydrazine groups is 1. The summed E-state index contributed by atoms with van der Waals surface area (Å²) in [6.07, 6.45) is -0.771. The molecule has 1 atom stereocenters. The van der Waals surface area contributed by atoms with Gasteiger partial charge in [0.15, 0.2) is 12.7 Å². The zero-order valence-electron chi connectivity index (χ0n) is 16.1. The molecule has 3 rings (SSSR count). The van der Waals surface area contributed by atoms with E-state index in [0.717, 1.165) is 20.8 Å². The third-order valence-corrected chi connectivity index (χ3v) is 5.00. The zero-order valence-corrected chi connectivity index (χ0v) is 17.7. The van der Waals surface area contributed by atoms with Crippen molar-refractivity contribution in [3.05, 3.63) is 70.7 Å². The molecule has 150 valence electrons. The lowest BCUT2D eigenvalue weighted by Gasteiger charge is -2.16. The van der Waals surface area contributed by atoms with Gasteiger partial charge >= 0.3 is 0 Å². The predicted octanol–water partition coefficient (Wildman–Crippen LogP) is 3.90. The molecule has 2 amide bonds. The normalized spacial score (nSPS) is 11.6. The van der Waals surface area contributed by atoms with E-state index in [9.17, 15) is 9.59 Å². The van der Waals surface area contributed by atoms with Gasteiger partial charge in [-0.25, -0.2) is 0 Å². The maximum absolute atomic E-state index is 12.1. The Labute approximate surface area is 177 Å². The molecule has 29 heavy (non-hydrogen) atoms. The maximum Gasteiger partial charge on any atom is 0.279 e. The monoisotopic (exact) mass is 456 g/mol. The Morgan fingerprint density at radius 3 is 2.62 bits per heavy atom. The lowest BCUT2D eigenvalue weighted by Crippen LogP contribution is -2.48. The van der Waals surface area contributed by atoms with Crippen LogP contribution in [0.4, 0.5) is 0 Å². The second-order valence-electron chi connectivity index (χ2n) is 6.50. The molecule has 0 aromatic heterocycles. The molecule has 0 saturated carbocycles. The van der Waals surface area contributed by atoms with Gasteiger partial charge in [0.25, 0.3) is 11.8 Å². The molecule has 0 spiro atoms. The third kappa shape index (κ3) is 5.48. The first-order valence-corrected chi connectivity index (χ1v) is 9.85. The number of carbonyl (C=O) groups excluding carboxylic acids is 2.